The first kappa shape index (κ1) is 22.6. The minimum Gasteiger partial charge on any atom is -0.467 e. The number of rotatable bonds is 6. The number of ether oxygens (including phenoxy) is 2. The average Bonchev–Trinajstić information content (AvgIpc) is 3.47. The van der Waals surface area contributed by atoms with Crippen LogP contribution in [0.4, 0.5) is 0 Å². The van der Waals surface area contributed by atoms with Crippen molar-refractivity contribution in [2.75, 3.05) is 7.11 Å². The molecule has 0 saturated carbocycles. The minimum absolute atomic E-state index is 0.0751. The molecular formula is C24H21N3O5S2. The molecule has 1 aromatic heterocycles. The van der Waals surface area contributed by atoms with Gasteiger partial charge in [0.2, 0.25) is 4.34 Å². The van der Waals surface area contributed by atoms with Gasteiger partial charge in [-0.05, 0) is 23.3 Å². The number of methoxy groups -OCH3 is 1. The van der Waals surface area contributed by atoms with E-state index in [0.717, 1.165) is 16.0 Å². The summed E-state index contributed by atoms with van der Waals surface area (Å²) >= 11 is 1.07. The number of esters is 1. The number of aromatic nitrogens is 1. The van der Waals surface area contributed by atoms with E-state index in [1.165, 1.54) is 12.1 Å². The van der Waals surface area contributed by atoms with Gasteiger partial charge in [-0.25, -0.2) is 18.2 Å². The molecule has 5 rings (SSSR count). The molecule has 0 aliphatic carbocycles. The average molecular weight is 496 g/mol. The Morgan fingerprint density at radius 1 is 0.971 bits per heavy atom. The summed E-state index contributed by atoms with van der Waals surface area (Å²) in [5.74, 6) is -0.600. The standard InChI is InChI=1S/C24H21N3O5S2/c1-31-23(28)21-20(16-10-4-2-5-11-16)27(22(32-21)17-12-6-3-7-13-17)26-34(29,30)24-25-18-14-8-9-15-19(18)33-24/h2-15,20-22,26H,1H3/t20-,21+,22+/m0/s1. The Morgan fingerprint density at radius 2 is 1.59 bits per heavy atom. The Bertz CT molecular complexity index is 1380. The number of nitrogens with zero attached hydrogens (tertiary/aromatic N) is 2. The van der Waals surface area contributed by atoms with Crippen LogP contribution in [0.25, 0.3) is 10.2 Å². The number of benzene rings is 3. The van der Waals surface area contributed by atoms with E-state index >= 15 is 0 Å². The van der Waals surface area contributed by atoms with Gasteiger partial charge in [-0.2, -0.15) is 5.01 Å². The van der Waals surface area contributed by atoms with Crippen molar-refractivity contribution in [3.8, 4) is 0 Å². The third-order valence-corrected chi connectivity index (χ3v) is 8.25. The molecule has 0 unspecified atom stereocenters. The number of nitrogens with one attached hydrogen (secondary N) is 1. The molecule has 0 bridgehead atoms. The van der Waals surface area contributed by atoms with Crippen molar-refractivity contribution >= 4 is 37.5 Å². The lowest BCUT2D eigenvalue weighted by Crippen LogP contribution is -2.45. The molecule has 1 N–H and O–H groups in total. The van der Waals surface area contributed by atoms with E-state index < -0.39 is 34.4 Å². The van der Waals surface area contributed by atoms with E-state index in [-0.39, 0.29) is 4.34 Å². The third-order valence-electron chi connectivity index (χ3n) is 5.50. The Morgan fingerprint density at radius 3 is 2.24 bits per heavy atom. The fourth-order valence-corrected chi connectivity index (χ4v) is 6.26. The topological polar surface area (TPSA) is 97.8 Å². The largest absolute Gasteiger partial charge is 0.467 e. The Labute approximate surface area is 200 Å². The van der Waals surface area contributed by atoms with Crippen molar-refractivity contribution in [3.05, 3.63) is 96.1 Å². The van der Waals surface area contributed by atoms with Crippen LogP contribution in [0.15, 0.2) is 89.3 Å². The van der Waals surface area contributed by atoms with Crippen LogP contribution < -0.4 is 4.83 Å². The number of fused-ring (bicyclic) bond motifs is 1. The maximum atomic E-state index is 13.5. The van der Waals surface area contributed by atoms with Gasteiger partial charge >= 0.3 is 5.97 Å². The van der Waals surface area contributed by atoms with Gasteiger partial charge in [-0.1, -0.05) is 72.8 Å². The fourth-order valence-electron chi connectivity index (χ4n) is 3.96. The highest BCUT2D eigenvalue weighted by Gasteiger charge is 2.49. The SMILES string of the molecule is COC(=O)[C@@H]1O[C@H](c2ccccc2)N(NS(=O)(=O)c2nc3ccccc3s2)[C@H]1c1ccccc1. The summed E-state index contributed by atoms with van der Waals surface area (Å²) in [4.78, 5) is 19.7. The van der Waals surface area contributed by atoms with Crippen LogP contribution in [0.1, 0.15) is 23.4 Å². The van der Waals surface area contributed by atoms with Crippen LogP contribution in [0.3, 0.4) is 0 Å². The first-order valence-electron chi connectivity index (χ1n) is 10.5. The van der Waals surface area contributed by atoms with Crippen molar-refractivity contribution in [2.24, 2.45) is 0 Å². The lowest BCUT2D eigenvalue weighted by Gasteiger charge is -2.28. The van der Waals surface area contributed by atoms with Crippen LogP contribution in [0.5, 0.6) is 0 Å². The van der Waals surface area contributed by atoms with E-state index in [4.69, 9.17) is 9.47 Å². The predicted molar refractivity (Wildman–Crippen MR) is 127 cm³/mol. The van der Waals surface area contributed by atoms with Gasteiger partial charge in [0, 0.05) is 0 Å². The molecule has 174 valence electrons. The highest BCUT2D eigenvalue weighted by molar-refractivity contribution is 7.91. The molecule has 0 spiro atoms. The summed E-state index contributed by atoms with van der Waals surface area (Å²) in [6.45, 7) is 0. The van der Waals surface area contributed by atoms with Gasteiger partial charge in [0.25, 0.3) is 10.0 Å². The molecule has 1 fully saturated rings. The van der Waals surface area contributed by atoms with E-state index in [0.29, 0.717) is 16.6 Å². The van der Waals surface area contributed by atoms with Crippen LogP contribution >= 0.6 is 11.3 Å². The number of carbonyl (C=O) groups excluding carboxylic acids is 1. The molecule has 8 nitrogen and oxygen atoms in total. The Balaban J connectivity index is 1.60. The molecule has 2 heterocycles. The number of hydrogen-bond donors (Lipinski definition) is 1. The summed E-state index contributed by atoms with van der Waals surface area (Å²) in [7, 11) is -2.82. The molecule has 34 heavy (non-hydrogen) atoms. The second-order valence-corrected chi connectivity index (χ2v) is 10.5. The van der Waals surface area contributed by atoms with Crippen LogP contribution in [-0.2, 0) is 24.3 Å². The van der Waals surface area contributed by atoms with Gasteiger partial charge in [0.05, 0.1) is 23.4 Å². The first-order valence-corrected chi connectivity index (χ1v) is 12.8. The molecule has 1 aliphatic rings. The molecule has 1 saturated heterocycles. The summed E-state index contributed by atoms with van der Waals surface area (Å²) < 4.78 is 38.8. The second kappa shape index (κ2) is 9.24. The molecule has 3 atom stereocenters. The van der Waals surface area contributed by atoms with Gasteiger partial charge in [-0.3, -0.25) is 0 Å². The molecule has 4 aromatic rings. The maximum Gasteiger partial charge on any atom is 0.337 e. The monoisotopic (exact) mass is 495 g/mol. The molecule has 1 aliphatic heterocycles. The van der Waals surface area contributed by atoms with E-state index in [9.17, 15) is 13.2 Å². The van der Waals surface area contributed by atoms with E-state index in [1.807, 2.05) is 72.8 Å². The molecule has 10 heteroatoms. The summed E-state index contributed by atoms with van der Waals surface area (Å²) in [6, 6.07) is 24.7. The smallest absolute Gasteiger partial charge is 0.337 e. The summed E-state index contributed by atoms with van der Waals surface area (Å²) in [5.41, 5.74) is 1.97. The number of sulfonamides is 1. The zero-order valence-corrected chi connectivity index (χ0v) is 19.7. The predicted octanol–water partition coefficient (Wildman–Crippen LogP) is 3.80. The summed E-state index contributed by atoms with van der Waals surface area (Å²) in [5, 5.41) is 1.45. The van der Waals surface area contributed by atoms with Crippen molar-refractivity contribution in [2.45, 2.75) is 22.7 Å². The molecular weight excluding hydrogens is 474 g/mol. The van der Waals surface area contributed by atoms with E-state index in [2.05, 4.69) is 9.82 Å². The van der Waals surface area contributed by atoms with Gasteiger partial charge in [0.1, 0.15) is 0 Å². The Hall–Kier alpha value is -3.15. The highest BCUT2D eigenvalue weighted by Crippen LogP contribution is 2.42. The normalized spacial score (nSPS) is 21.0. The van der Waals surface area contributed by atoms with Crippen LogP contribution in [-0.4, -0.2) is 37.6 Å². The van der Waals surface area contributed by atoms with Gasteiger partial charge in [-0.15, -0.1) is 16.2 Å². The molecule has 0 radical (unpaired) electrons. The van der Waals surface area contributed by atoms with Crippen molar-refractivity contribution < 1.29 is 22.7 Å². The lowest BCUT2D eigenvalue weighted by atomic mass is 10.0. The highest BCUT2D eigenvalue weighted by atomic mass is 32.2. The van der Waals surface area contributed by atoms with Crippen LogP contribution in [0, 0.1) is 0 Å². The minimum atomic E-state index is -4.09. The number of hydrogen-bond acceptors (Lipinski definition) is 8. The fraction of sp³-hybridized carbons (Fsp3) is 0.167. The van der Waals surface area contributed by atoms with Crippen molar-refractivity contribution in [1.29, 1.82) is 0 Å². The zero-order chi connectivity index (χ0) is 23.7. The second-order valence-electron chi connectivity index (χ2n) is 7.65. The van der Waals surface area contributed by atoms with Crippen molar-refractivity contribution in [1.82, 2.24) is 14.8 Å². The number of thiazole rings is 1. The van der Waals surface area contributed by atoms with Gasteiger partial charge in [0.15, 0.2) is 12.3 Å². The third kappa shape index (κ3) is 4.22. The molecule has 3 aromatic carbocycles. The number of carbonyl (C=O) groups is 1. The molecule has 0 amide bonds. The van der Waals surface area contributed by atoms with E-state index in [1.54, 1.807) is 12.1 Å². The van der Waals surface area contributed by atoms with Crippen molar-refractivity contribution in [3.63, 3.8) is 0 Å². The van der Waals surface area contributed by atoms with Crippen LogP contribution in [0.2, 0.25) is 0 Å². The lowest BCUT2D eigenvalue weighted by molar-refractivity contribution is -0.154. The van der Waals surface area contributed by atoms with Gasteiger partial charge < -0.3 is 9.47 Å². The summed E-state index contributed by atoms with van der Waals surface area (Å²) in [6.07, 6.45) is -1.93. The maximum absolute atomic E-state index is 13.5. The quantitative estimate of drug-likeness (QED) is 0.406. The Kier molecular flexibility index (Phi) is 6.15. The zero-order valence-electron chi connectivity index (χ0n) is 18.1. The number of hydrazine groups is 1. The number of para-hydroxylation sites is 1. The first-order chi connectivity index (χ1) is 16.5.